The zero-order chi connectivity index (χ0) is 22.1. The molecule has 2 aliphatic rings. The van der Waals surface area contributed by atoms with Crippen LogP contribution in [0.25, 0.3) is 10.9 Å². The molecule has 5 rings (SSSR count). The monoisotopic (exact) mass is 434 g/mol. The van der Waals surface area contributed by atoms with E-state index in [9.17, 15) is 9.59 Å². The standard InChI is InChI=1S/C24H26N4O4/c1-27-20-8-7-19(13-18(20)15-26-27)28(22(29)21-16-32-21)24(9-11-31-12-10-24)23(30)25-14-17-5-3-2-4-6-17/h2-8,13,15,21H,9-12,14,16H2,1H3,(H,25,30). The van der Waals surface area contributed by atoms with Crippen molar-refractivity contribution >= 4 is 28.4 Å². The van der Waals surface area contributed by atoms with E-state index < -0.39 is 11.6 Å². The molecule has 2 amide bonds. The van der Waals surface area contributed by atoms with Crippen molar-refractivity contribution in [3.8, 4) is 0 Å². The third kappa shape index (κ3) is 3.76. The molecule has 2 aliphatic heterocycles. The van der Waals surface area contributed by atoms with Crippen LogP contribution in [0.5, 0.6) is 0 Å². The van der Waals surface area contributed by atoms with Crippen molar-refractivity contribution in [3.05, 3.63) is 60.3 Å². The van der Waals surface area contributed by atoms with E-state index in [2.05, 4.69) is 10.4 Å². The molecule has 0 bridgehead atoms. The van der Waals surface area contributed by atoms with Crippen LogP contribution in [0.15, 0.2) is 54.7 Å². The van der Waals surface area contributed by atoms with Gasteiger partial charge in [0, 0.05) is 50.7 Å². The van der Waals surface area contributed by atoms with Gasteiger partial charge in [-0.25, -0.2) is 0 Å². The van der Waals surface area contributed by atoms with Crippen molar-refractivity contribution in [2.45, 2.75) is 31.0 Å². The minimum absolute atomic E-state index is 0.176. The molecule has 0 radical (unpaired) electrons. The van der Waals surface area contributed by atoms with Crippen LogP contribution in [0.3, 0.4) is 0 Å². The molecule has 8 heteroatoms. The van der Waals surface area contributed by atoms with Gasteiger partial charge < -0.3 is 14.8 Å². The van der Waals surface area contributed by atoms with Crippen LogP contribution in [0.4, 0.5) is 5.69 Å². The van der Waals surface area contributed by atoms with Gasteiger partial charge in [-0.3, -0.25) is 19.2 Å². The number of rotatable bonds is 6. The number of nitrogens with zero attached hydrogens (tertiary/aromatic N) is 3. The van der Waals surface area contributed by atoms with Gasteiger partial charge in [0.2, 0.25) is 5.91 Å². The molecule has 1 unspecified atom stereocenters. The molecule has 1 N–H and O–H groups in total. The lowest BCUT2D eigenvalue weighted by Crippen LogP contribution is -2.64. The number of hydrogen-bond acceptors (Lipinski definition) is 5. The summed E-state index contributed by atoms with van der Waals surface area (Å²) in [5.41, 5.74) is 1.58. The number of aryl methyl sites for hydroxylation is 1. The molecule has 2 aromatic carbocycles. The number of amides is 2. The molecule has 2 saturated heterocycles. The van der Waals surface area contributed by atoms with Crippen molar-refractivity contribution in [3.63, 3.8) is 0 Å². The summed E-state index contributed by atoms with van der Waals surface area (Å²) in [5, 5.41) is 8.28. The zero-order valence-corrected chi connectivity index (χ0v) is 18.0. The molecular formula is C24H26N4O4. The number of hydrogen-bond donors (Lipinski definition) is 1. The quantitative estimate of drug-likeness (QED) is 0.601. The van der Waals surface area contributed by atoms with Gasteiger partial charge >= 0.3 is 0 Å². The molecule has 0 saturated carbocycles. The van der Waals surface area contributed by atoms with Gasteiger partial charge in [0.05, 0.1) is 18.3 Å². The summed E-state index contributed by atoms with van der Waals surface area (Å²) in [4.78, 5) is 28.8. The number of ether oxygens (including phenoxy) is 2. The number of benzene rings is 2. The Labute approximate surface area is 186 Å². The van der Waals surface area contributed by atoms with E-state index >= 15 is 0 Å². The maximum absolute atomic E-state index is 13.7. The minimum atomic E-state index is -1.05. The Morgan fingerprint density at radius 3 is 2.66 bits per heavy atom. The van der Waals surface area contributed by atoms with Crippen molar-refractivity contribution in [1.29, 1.82) is 0 Å². The van der Waals surface area contributed by atoms with Gasteiger partial charge in [-0.05, 0) is 23.8 Å². The van der Waals surface area contributed by atoms with E-state index in [1.165, 1.54) is 0 Å². The molecule has 1 atom stereocenters. The van der Waals surface area contributed by atoms with Crippen LogP contribution in [0.2, 0.25) is 0 Å². The van der Waals surface area contributed by atoms with Gasteiger partial charge in [0.1, 0.15) is 5.54 Å². The van der Waals surface area contributed by atoms with E-state index in [0.29, 0.717) is 44.9 Å². The van der Waals surface area contributed by atoms with Crippen LogP contribution in [-0.4, -0.2) is 53.1 Å². The van der Waals surface area contributed by atoms with E-state index in [1.807, 2.05) is 55.6 Å². The first-order chi connectivity index (χ1) is 15.6. The number of anilines is 1. The Kier molecular flexibility index (Phi) is 5.40. The van der Waals surface area contributed by atoms with E-state index in [1.54, 1.807) is 15.8 Å². The fraction of sp³-hybridized carbons (Fsp3) is 0.375. The summed E-state index contributed by atoms with van der Waals surface area (Å²) in [6, 6.07) is 15.5. The molecule has 8 nitrogen and oxygen atoms in total. The molecule has 2 fully saturated rings. The molecule has 32 heavy (non-hydrogen) atoms. The first kappa shape index (κ1) is 20.7. The van der Waals surface area contributed by atoms with Gasteiger partial charge in [0.25, 0.3) is 5.91 Å². The van der Waals surface area contributed by atoms with Gasteiger partial charge in [0.15, 0.2) is 6.10 Å². The highest BCUT2D eigenvalue weighted by Crippen LogP contribution is 2.36. The Morgan fingerprint density at radius 1 is 1.19 bits per heavy atom. The molecule has 3 aromatic rings. The smallest absolute Gasteiger partial charge is 0.259 e. The molecular weight excluding hydrogens is 408 g/mol. The number of epoxide rings is 1. The number of aromatic nitrogens is 2. The summed E-state index contributed by atoms with van der Waals surface area (Å²) >= 11 is 0. The third-order valence-corrected chi connectivity index (χ3v) is 6.28. The summed E-state index contributed by atoms with van der Waals surface area (Å²) in [7, 11) is 1.87. The van der Waals surface area contributed by atoms with Crippen molar-refractivity contribution in [2.75, 3.05) is 24.7 Å². The van der Waals surface area contributed by atoms with Crippen LogP contribution >= 0.6 is 0 Å². The Hall–Kier alpha value is -3.23. The first-order valence-electron chi connectivity index (χ1n) is 10.9. The van der Waals surface area contributed by atoms with Gasteiger partial charge in [-0.1, -0.05) is 30.3 Å². The largest absolute Gasteiger partial charge is 0.381 e. The lowest BCUT2D eigenvalue weighted by Gasteiger charge is -2.44. The number of carbonyl (C=O) groups excluding carboxylic acids is 2. The summed E-state index contributed by atoms with van der Waals surface area (Å²) in [6.45, 7) is 1.58. The van der Waals surface area contributed by atoms with Crippen molar-refractivity contribution < 1.29 is 19.1 Å². The van der Waals surface area contributed by atoms with Crippen molar-refractivity contribution in [2.24, 2.45) is 7.05 Å². The van der Waals surface area contributed by atoms with Crippen molar-refractivity contribution in [1.82, 2.24) is 15.1 Å². The summed E-state index contributed by atoms with van der Waals surface area (Å²) < 4.78 is 12.7. The fourth-order valence-electron chi connectivity index (χ4n) is 4.41. The second-order valence-corrected chi connectivity index (χ2v) is 8.32. The normalized spacial score (nSPS) is 19.5. The minimum Gasteiger partial charge on any atom is -0.381 e. The predicted octanol–water partition coefficient (Wildman–Crippen LogP) is 2.17. The molecule has 0 aliphatic carbocycles. The molecule has 1 aromatic heterocycles. The number of fused-ring (bicyclic) bond motifs is 1. The average Bonchev–Trinajstić information content (AvgIpc) is 3.62. The van der Waals surface area contributed by atoms with Crippen LogP contribution < -0.4 is 10.2 Å². The number of nitrogens with one attached hydrogen (secondary N) is 1. The molecule has 166 valence electrons. The Morgan fingerprint density at radius 2 is 1.94 bits per heavy atom. The fourth-order valence-corrected chi connectivity index (χ4v) is 4.41. The summed E-state index contributed by atoms with van der Waals surface area (Å²) in [5.74, 6) is -0.366. The highest BCUT2D eigenvalue weighted by molar-refractivity contribution is 6.07. The molecule has 0 spiro atoms. The second-order valence-electron chi connectivity index (χ2n) is 8.32. The average molecular weight is 434 g/mol. The molecule has 3 heterocycles. The number of carbonyl (C=O) groups is 2. The Bertz CT molecular complexity index is 1130. The SMILES string of the molecule is Cn1ncc2cc(N(C(=O)C3CO3)C3(C(=O)NCc4ccccc4)CCOCC3)ccc21. The highest BCUT2D eigenvalue weighted by Gasteiger charge is 2.51. The van der Waals surface area contributed by atoms with Gasteiger partial charge in [-0.15, -0.1) is 0 Å². The first-order valence-corrected chi connectivity index (χ1v) is 10.9. The second kappa shape index (κ2) is 8.37. The van der Waals surface area contributed by atoms with Crippen LogP contribution in [0.1, 0.15) is 18.4 Å². The topological polar surface area (TPSA) is 89.0 Å². The third-order valence-electron chi connectivity index (χ3n) is 6.28. The lowest BCUT2D eigenvalue weighted by atomic mass is 9.85. The predicted molar refractivity (Wildman–Crippen MR) is 119 cm³/mol. The van der Waals surface area contributed by atoms with Crippen LogP contribution in [0, 0.1) is 0 Å². The zero-order valence-electron chi connectivity index (χ0n) is 18.0. The van der Waals surface area contributed by atoms with E-state index in [-0.39, 0.29) is 11.8 Å². The lowest BCUT2D eigenvalue weighted by molar-refractivity contribution is -0.134. The van der Waals surface area contributed by atoms with E-state index in [0.717, 1.165) is 16.5 Å². The maximum Gasteiger partial charge on any atom is 0.259 e. The highest BCUT2D eigenvalue weighted by atomic mass is 16.6. The van der Waals surface area contributed by atoms with Gasteiger partial charge in [-0.2, -0.15) is 5.10 Å². The van der Waals surface area contributed by atoms with Crippen LogP contribution in [-0.2, 0) is 32.7 Å². The maximum atomic E-state index is 13.7. The van der Waals surface area contributed by atoms with E-state index in [4.69, 9.17) is 9.47 Å². The summed E-state index contributed by atoms with van der Waals surface area (Å²) in [6.07, 6.45) is 2.08. The Balaban J connectivity index is 1.53.